The van der Waals surface area contributed by atoms with Gasteiger partial charge in [0.05, 0.1) is 23.5 Å². The quantitative estimate of drug-likeness (QED) is 0.307. The Hall–Kier alpha value is -3.45. The van der Waals surface area contributed by atoms with E-state index in [9.17, 15) is 9.59 Å². The molecule has 1 saturated carbocycles. The third-order valence-electron chi connectivity index (χ3n) is 6.26. The molecule has 2 N–H and O–H groups in total. The Morgan fingerprint density at radius 1 is 1.18 bits per heavy atom. The maximum absolute atomic E-state index is 12.6. The van der Waals surface area contributed by atoms with E-state index in [0.717, 1.165) is 39.0 Å². The molecule has 2 aromatic carbocycles. The fourth-order valence-corrected chi connectivity index (χ4v) is 4.51. The number of rotatable bonds is 8. The third kappa shape index (κ3) is 4.54. The number of hydrogen-bond acceptors (Lipinski definition) is 6. The van der Waals surface area contributed by atoms with Gasteiger partial charge >= 0.3 is 5.97 Å². The van der Waals surface area contributed by atoms with Gasteiger partial charge in [-0.2, -0.15) is 0 Å². The first-order chi connectivity index (χ1) is 15.9. The van der Waals surface area contributed by atoms with Crippen LogP contribution in [0.5, 0.6) is 5.75 Å². The second-order valence-corrected chi connectivity index (χ2v) is 8.61. The van der Waals surface area contributed by atoms with Crippen molar-refractivity contribution >= 4 is 22.8 Å². The Labute approximate surface area is 192 Å². The standard InChI is InChI=1S/C26H28N2O5/c1-4-32-25(30)26(14-21(26)24(29)28-31)13-18-9-10-23(16(2)11-18)33-15-19-12-17(3)27-22-8-6-5-7-20(19)22/h5-12,21,31H,4,13-15H2,1-3H3,(H,28,29)/t21-,26+/m1/s1. The third-order valence-corrected chi connectivity index (χ3v) is 6.26. The number of nitrogens with zero attached hydrogens (tertiary/aromatic N) is 1. The van der Waals surface area contributed by atoms with Gasteiger partial charge in [0.15, 0.2) is 0 Å². The summed E-state index contributed by atoms with van der Waals surface area (Å²) < 4.78 is 11.4. The molecule has 4 rings (SSSR count). The van der Waals surface area contributed by atoms with Gasteiger partial charge in [-0.05, 0) is 62.9 Å². The molecule has 1 heterocycles. The molecular weight excluding hydrogens is 420 g/mol. The van der Waals surface area contributed by atoms with Gasteiger partial charge in [0.1, 0.15) is 12.4 Å². The molecule has 1 aromatic heterocycles. The van der Waals surface area contributed by atoms with Gasteiger partial charge in [0.2, 0.25) is 5.91 Å². The molecule has 1 aliphatic rings. The summed E-state index contributed by atoms with van der Waals surface area (Å²) in [6, 6.07) is 15.8. The van der Waals surface area contributed by atoms with Gasteiger partial charge in [0.25, 0.3) is 0 Å². The van der Waals surface area contributed by atoms with E-state index in [2.05, 4.69) is 4.98 Å². The predicted octanol–water partition coefficient (Wildman–Crippen LogP) is 4.05. The lowest BCUT2D eigenvalue weighted by Gasteiger charge is -2.17. The molecule has 2 atom stereocenters. The van der Waals surface area contributed by atoms with Crippen molar-refractivity contribution in [2.75, 3.05) is 6.61 Å². The van der Waals surface area contributed by atoms with Crippen LogP contribution < -0.4 is 10.2 Å². The zero-order valence-electron chi connectivity index (χ0n) is 19.1. The lowest BCUT2D eigenvalue weighted by Crippen LogP contribution is -2.30. The minimum atomic E-state index is -0.939. The summed E-state index contributed by atoms with van der Waals surface area (Å²) in [7, 11) is 0. The number of ether oxygens (including phenoxy) is 2. The number of para-hydroxylation sites is 1. The highest BCUT2D eigenvalue weighted by atomic mass is 16.5. The Morgan fingerprint density at radius 3 is 2.70 bits per heavy atom. The van der Waals surface area contributed by atoms with Crippen LogP contribution in [0, 0.1) is 25.2 Å². The fraction of sp³-hybridized carbons (Fsp3) is 0.346. The van der Waals surface area contributed by atoms with Gasteiger partial charge in [-0.1, -0.05) is 30.3 Å². The molecule has 7 nitrogen and oxygen atoms in total. The Kier molecular flexibility index (Phi) is 6.33. The number of nitrogens with one attached hydrogen (secondary N) is 1. The molecule has 0 aliphatic heterocycles. The zero-order chi connectivity index (χ0) is 23.6. The van der Waals surface area contributed by atoms with Crippen molar-refractivity contribution in [3.05, 3.63) is 70.9 Å². The first-order valence-corrected chi connectivity index (χ1v) is 11.1. The molecule has 7 heteroatoms. The first kappa shape index (κ1) is 22.7. The van der Waals surface area contributed by atoms with E-state index in [1.54, 1.807) is 12.4 Å². The molecule has 1 fully saturated rings. The number of hydroxylamine groups is 1. The Morgan fingerprint density at radius 2 is 1.97 bits per heavy atom. The van der Waals surface area contributed by atoms with Crippen molar-refractivity contribution in [2.45, 2.75) is 40.2 Å². The lowest BCUT2D eigenvalue weighted by atomic mass is 9.92. The van der Waals surface area contributed by atoms with Crippen molar-refractivity contribution in [1.29, 1.82) is 0 Å². The number of aryl methyl sites for hydroxylation is 2. The number of hydrogen-bond donors (Lipinski definition) is 2. The number of fused-ring (bicyclic) bond motifs is 1. The SMILES string of the molecule is CCOC(=O)[C@@]1(Cc2ccc(OCc3cc(C)nc4ccccc34)c(C)c2)C[C@@H]1C(=O)NO. The predicted molar refractivity (Wildman–Crippen MR) is 123 cm³/mol. The van der Waals surface area contributed by atoms with E-state index in [4.69, 9.17) is 14.7 Å². The maximum Gasteiger partial charge on any atom is 0.313 e. The van der Waals surface area contributed by atoms with E-state index in [1.165, 1.54) is 0 Å². The number of carbonyl (C=O) groups is 2. The van der Waals surface area contributed by atoms with Crippen molar-refractivity contribution < 1.29 is 24.3 Å². The van der Waals surface area contributed by atoms with E-state index >= 15 is 0 Å². The van der Waals surface area contributed by atoms with Crippen molar-refractivity contribution in [2.24, 2.45) is 11.3 Å². The van der Waals surface area contributed by atoms with Gasteiger partial charge in [0, 0.05) is 16.6 Å². The van der Waals surface area contributed by atoms with Crippen LogP contribution in [0.25, 0.3) is 10.9 Å². The highest BCUT2D eigenvalue weighted by Crippen LogP contribution is 2.56. The van der Waals surface area contributed by atoms with Crippen molar-refractivity contribution in [3.63, 3.8) is 0 Å². The average molecular weight is 449 g/mol. The van der Waals surface area contributed by atoms with Crippen LogP contribution in [0.3, 0.4) is 0 Å². The zero-order valence-corrected chi connectivity index (χ0v) is 19.1. The van der Waals surface area contributed by atoms with E-state index in [1.807, 2.05) is 62.4 Å². The minimum absolute atomic E-state index is 0.239. The number of pyridine rings is 1. The highest BCUT2D eigenvalue weighted by molar-refractivity contribution is 5.93. The molecule has 0 saturated heterocycles. The van der Waals surface area contributed by atoms with Crippen LogP contribution in [0.1, 0.15) is 35.7 Å². The van der Waals surface area contributed by atoms with Crippen LogP contribution in [0.15, 0.2) is 48.5 Å². The van der Waals surface area contributed by atoms with Gasteiger partial charge in [-0.3, -0.25) is 19.8 Å². The molecule has 1 amide bonds. The Balaban J connectivity index is 1.51. The normalized spacial score (nSPS) is 19.2. The second kappa shape index (κ2) is 9.19. The van der Waals surface area contributed by atoms with Crippen LogP contribution in [0.2, 0.25) is 0 Å². The summed E-state index contributed by atoms with van der Waals surface area (Å²) in [5, 5.41) is 10.1. The fourth-order valence-electron chi connectivity index (χ4n) is 4.51. The Bertz CT molecular complexity index is 1210. The highest BCUT2D eigenvalue weighted by Gasteiger charge is 2.64. The molecular formula is C26H28N2O5. The van der Waals surface area contributed by atoms with Crippen LogP contribution in [-0.4, -0.2) is 28.7 Å². The summed E-state index contributed by atoms with van der Waals surface area (Å²) in [6.45, 7) is 6.31. The van der Waals surface area contributed by atoms with Crippen LogP contribution in [0.4, 0.5) is 0 Å². The van der Waals surface area contributed by atoms with E-state index in [0.29, 0.717) is 19.4 Å². The molecule has 3 aromatic rings. The van der Waals surface area contributed by atoms with Crippen LogP contribution >= 0.6 is 0 Å². The van der Waals surface area contributed by atoms with E-state index in [-0.39, 0.29) is 6.61 Å². The molecule has 0 bridgehead atoms. The summed E-state index contributed by atoms with van der Waals surface area (Å²) in [4.78, 5) is 29.1. The number of aromatic nitrogens is 1. The molecule has 172 valence electrons. The minimum Gasteiger partial charge on any atom is -0.489 e. The smallest absolute Gasteiger partial charge is 0.313 e. The van der Waals surface area contributed by atoms with Gasteiger partial charge in [-0.15, -0.1) is 0 Å². The lowest BCUT2D eigenvalue weighted by molar-refractivity contribution is -0.152. The van der Waals surface area contributed by atoms with E-state index < -0.39 is 23.2 Å². The van der Waals surface area contributed by atoms with Gasteiger partial charge in [-0.25, -0.2) is 5.48 Å². The summed E-state index contributed by atoms with van der Waals surface area (Å²) in [5.74, 6) is -0.806. The number of carbonyl (C=O) groups excluding carboxylic acids is 2. The largest absolute Gasteiger partial charge is 0.489 e. The number of benzene rings is 2. The summed E-state index contributed by atoms with van der Waals surface area (Å²) >= 11 is 0. The summed E-state index contributed by atoms with van der Waals surface area (Å²) in [6.07, 6.45) is 0.712. The monoisotopic (exact) mass is 448 g/mol. The van der Waals surface area contributed by atoms with Gasteiger partial charge < -0.3 is 9.47 Å². The molecule has 0 unspecified atom stereocenters. The van der Waals surface area contributed by atoms with Crippen molar-refractivity contribution in [1.82, 2.24) is 10.5 Å². The second-order valence-electron chi connectivity index (χ2n) is 8.61. The topological polar surface area (TPSA) is 97.8 Å². The maximum atomic E-state index is 12.6. The van der Waals surface area contributed by atoms with Crippen LogP contribution in [-0.2, 0) is 27.4 Å². The number of esters is 1. The number of amides is 1. The molecule has 0 radical (unpaired) electrons. The molecule has 33 heavy (non-hydrogen) atoms. The average Bonchev–Trinajstić information content (AvgIpc) is 3.53. The molecule has 1 aliphatic carbocycles. The first-order valence-electron chi connectivity index (χ1n) is 11.1. The van der Waals surface area contributed by atoms with Crippen molar-refractivity contribution in [3.8, 4) is 5.75 Å². The summed E-state index contributed by atoms with van der Waals surface area (Å²) in [5.41, 5.74) is 5.52. The molecule has 0 spiro atoms.